The Balaban J connectivity index is 1.90. The van der Waals surface area contributed by atoms with E-state index in [0.29, 0.717) is 13.0 Å². The van der Waals surface area contributed by atoms with Gasteiger partial charge in [-0.2, -0.15) is 0 Å². The number of nitrogens with zero attached hydrogens (tertiary/aromatic N) is 1. The standard InChI is InChI=1S/C16H19NO3/c18-14(19)13-8-4-11-17(13)15(20)16(9-5-10-16)12-6-2-1-3-7-12/h1-3,6-7,13H,4-5,8-11H2,(H,18,19). The van der Waals surface area contributed by atoms with Gasteiger partial charge in [0.1, 0.15) is 6.04 Å². The molecule has 2 aliphatic rings. The second kappa shape index (κ2) is 4.93. The maximum atomic E-state index is 12.9. The minimum atomic E-state index is -0.876. The monoisotopic (exact) mass is 273 g/mol. The highest BCUT2D eigenvalue weighted by molar-refractivity contribution is 5.92. The Labute approximate surface area is 118 Å². The van der Waals surface area contributed by atoms with Crippen LogP contribution in [0.15, 0.2) is 30.3 Å². The van der Waals surface area contributed by atoms with E-state index in [-0.39, 0.29) is 5.91 Å². The first-order valence-electron chi connectivity index (χ1n) is 7.24. The number of hydrogen-bond acceptors (Lipinski definition) is 2. The zero-order chi connectivity index (χ0) is 14.2. The molecule has 1 aliphatic heterocycles. The Morgan fingerprint density at radius 2 is 1.85 bits per heavy atom. The van der Waals surface area contributed by atoms with Crippen LogP contribution in [0.1, 0.15) is 37.7 Å². The fourth-order valence-electron chi connectivity index (χ4n) is 3.45. The first kappa shape index (κ1) is 13.2. The van der Waals surface area contributed by atoms with Crippen LogP contribution in [-0.2, 0) is 15.0 Å². The van der Waals surface area contributed by atoms with Crippen molar-refractivity contribution in [1.82, 2.24) is 4.90 Å². The minimum absolute atomic E-state index is 0.0138. The molecule has 1 N–H and O–H groups in total. The third kappa shape index (κ3) is 1.90. The molecule has 20 heavy (non-hydrogen) atoms. The fourth-order valence-corrected chi connectivity index (χ4v) is 3.45. The largest absolute Gasteiger partial charge is 0.480 e. The van der Waals surface area contributed by atoms with Gasteiger partial charge in [-0.05, 0) is 31.2 Å². The topological polar surface area (TPSA) is 57.6 Å². The molecule has 0 bridgehead atoms. The van der Waals surface area contributed by atoms with Crippen LogP contribution in [-0.4, -0.2) is 34.5 Å². The van der Waals surface area contributed by atoms with Crippen LogP contribution in [0.5, 0.6) is 0 Å². The molecule has 0 aromatic heterocycles. The van der Waals surface area contributed by atoms with Crippen molar-refractivity contribution in [3.63, 3.8) is 0 Å². The highest BCUT2D eigenvalue weighted by atomic mass is 16.4. The van der Waals surface area contributed by atoms with Crippen LogP contribution in [0.25, 0.3) is 0 Å². The number of hydrogen-bond donors (Lipinski definition) is 1. The smallest absolute Gasteiger partial charge is 0.326 e. The molecule has 1 aromatic carbocycles. The molecule has 4 heteroatoms. The number of carboxylic acid groups (broad SMARTS) is 1. The molecule has 0 radical (unpaired) electrons. The molecule has 1 atom stereocenters. The van der Waals surface area contributed by atoms with Crippen molar-refractivity contribution in [2.45, 2.75) is 43.6 Å². The Kier molecular flexibility index (Phi) is 3.24. The van der Waals surface area contributed by atoms with Crippen LogP contribution in [0.2, 0.25) is 0 Å². The second-order valence-electron chi connectivity index (χ2n) is 5.80. The molecule has 1 aliphatic carbocycles. The summed E-state index contributed by atoms with van der Waals surface area (Å²) in [6, 6.07) is 9.17. The molecule has 4 nitrogen and oxygen atoms in total. The lowest BCUT2D eigenvalue weighted by atomic mass is 9.63. The van der Waals surface area contributed by atoms with E-state index in [9.17, 15) is 14.7 Å². The van der Waals surface area contributed by atoms with Crippen LogP contribution < -0.4 is 0 Å². The highest BCUT2D eigenvalue weighted by Gasteiger charge is 2.50. The van der Waals surface area contributed by atoms with E-state index in [1.165, 1.54) is 0 Å². The Hall–Kier alpha value is -1.84. The first-order valence-corrected chi connectivity index (χ1v) is 7.24. The van der Waals surface area contributed by atoms with E-state index in [1.54, 1.807) is 4.90 Å². The number of carbonyl (C=O) groups is 2. The molecule has 1 saturated carbocycles. The van der Waals surface area contributed by atoms with E-state index in [1.807, 2.05) is 30.3 Å². The summed E-state index contributed by atoms with van der Waals surface area (Å²) in [6.45, 7) is 0.574. The number of aliphatic carboxylic acids is 1. The number of carboxylic acids is 1. The molecule has 3 rings (SSSR count). The van der Waals surface area contributed by atoms with Crippen molar-refractivity contribution < 1.29 is 14.7 Å². The predicted octanol–water partition coefficient (Wildman–Crippen LogP) is 2.18. The third-order valence-electron chi connectivity index (χ3n) is 4.74. The van der Waals surface area contributed by atoms with Crippen molar-refractivity contribution in [2.24, 2.45) is 0 Å². The fraction of sp³-hybridized carbons (Fsp3) is 0.500. The average Bonchev–Trinajstić information content (AvgIpc) is 2.88. The normalized spacial score (nSPS) is 24.2. The van der Waals surface area contributed by atoms with Crippen molar-refractivity contribution in [3.05, 3.63) is 35.9 Å². The molecule has 1 unspecified atom stereocenters. The summed E-state index contributed by atoms with van der Waals surface area (Å²) < 4.78 is 0. The van der Waals surface area contributed by atoms with Gasteiger partial charge in [0.25, 0.3) is 0 Å². The van der Waals surface area contributed by atoms with Gasteiger partial charge in [0.05, 0.1) is 5.41 Å². The lowest BCUT2D eigenvalue weighted by Crippen LogP contribution is -2.53. The molecule has 106 valence electrons. The van der Waals surface area contributed by atoms with E-state index >= 15 is 0 Å². The highest BCUT2D eigenvalue weighted by Crippen LogP contribution is 2.46. The van der Waals surface area contributed by atoms with Crippen LogP contribution >= 0.6 is 0 Å². The predicted molar refractivity (Wildman–Crippen MR) is 74.3 cm³/mol. The summed E-state index contributed by atoms with van der Waals surface area (Å²) >= 11 is 0. The zero-order valence-electron chi connectivity index (χ0n) is 11.4. The zero-order valence-corrected chi connectivity index (χ0v) is 11.4. The van der Waals surface area contributed by atoms with E-state index < -0.39 is 17.4 Å². The molecule has 2 fully saturated rings. The molecule has 1 amide bonds. The van der Waals surface area contributed by atoms with E-state index in [0.717, 1.165) is 31.2 Å². The van der Waals surface area contributed by atoms with Crippen molar-refractivity contribution in [3.8, 4) is 0 Å². The number of benzene rings is 1. The quantitative estimate of drug-likeness (QED) is 0.918. The van der Waals surface area contributed by atoms with E-state index in [2.05, 4.69) is 0 Å². The van der Waals surface area contributed by atoms with Crippen molar-refractivity contribution in [2.75, 3.05) is 6.54 Å². The summed E-state index contributed by atoms with van der Waals surface area (Å²) in [4.78, 5) is 25.8. The summed E-state index contributed by atoms with van der Waals surface area (Å²) in [5.41, 5.74) is 0.562. The van der Waals surface area contributed by atoms with Crippen molar-refractivity contribution in [1.29, 1.82) is 0 Å². The number of amides is 1. The van der Waals surface area contributed by atoms with E-state index in [4.69, 9.17) is 0 Å². The average molecular weight is 273 g/mol. The van der Waals surface area contributed by atoms with Gasteiger partial charge in [0.2, 0.25) is 5.91 Å². The lowest BCUT2D eigenvalue weighted by Gasteiger charge is -2.44. The maximum Gasteiger partial charge on any atom is 0.326 e. The van der Waals surface area contributed by atoms with Gasteiger partial charge >= 0.3 is 5.97 Å². The van der Waals surface area contributed by atoms with Crippen LogP contribution in [0, 0.1) is 0 Å². The van der Waals surface area contributed by atoms with Crippen molar-refractivity contribution >= 4 is 11.9 Å². The first-order chi connectivity index (χ1) is 9.65. The molecule has 1 saturated heterocycles. The maximum absolute atomic E-state index is 12.9. The number of rotatable bonds is 3. The SMILES string of the molecule is O=C(O)C1CCCN1C(=O)C1(c2ccccc2)CCC1. The van der Waals surface area contributed by atoms with Gasteiger partial charge in [-0.15, -0.1) is 0 Å². The van der Waals surface area contributed by atoms with Gasteiger partial charge in [0.15, 0.2) is 0 Å². The molecular formula is C16H19NO3. The number of likely N-dealkylation sites (tertiary alicyclic amines) is 1. The van der Waals surface area contributed by atoms with Gasteiger partial charge in [-0.25, -0.2) is 4.79 Å². The second-order valence-corrected chi connectivity index (χ2v) is 5.80. The summed E-state index contributed by atoms with van der Waals surface area (Å²) in [7, 11) is 0. The molecule has 1 heterocycles. The Morgan fingerprint density at radius 3 is 2.40 bits per heavy atom. The minimum Gasteiger partial charge on any atom is -0.480 e. The van der Waals surface area contributed by atoms with Crippen LogP contribution in [0.3, 0.4) is 0 Å². The molecule has 0 spiro atoms. The van der Waals surface area contributed by atoms with Gasteiger partial charge in [-0.1, -0.05) is 36.8 Å². The summed E-state index contributed by atoms with van der Waals surface area (Å²) in [5, 5.41) is 9.27. The number of carbonyl (C=O) groups excluding carboxylic acids is 1. The van der Waals surface area contributed by atoms with Gasteiger partial charge in [0, 0.05) is 6.54 Å². The lowest BCUT2D eigenvalue weighted by molar-refractivity contribution is -0.152. The Bertz CT molecular complexity index is 522. The third-order valence-corrected chi connectivity index (χ3v) is 4.74. The van der Waals surface area contributed by atoms with Crippen LogP contribution in [0.4, 0.5) is 0 Å². The molecule has 1 aromatic rings. The van der Waals surface area contributed by atoms with Gasteiger partial charge in [-0.3, -0.25) is 4.79 Å². The molecular weight excluding hydrogens is 254 g/mol. The summed E-state index contributed by atoms with van der Waals surface area (Å²) in [5.74, 6) is -0.863. The summed E-state index contributed by atoms with van der Waals surface area (Å²) in [6.07, 6.45) is 4.06. The van der Waals surface area contributed by atoms with Gasteiger partial charge < -0.3 is 10.0 Å². The Morgan fingerprint density at radius 1 is 1.15 bits per heavy atom.